The monoisotopic (exact) mass is 311 g/mol. The van der Waals surface area contributed by atoms with Gasteiger partial charge in [0.1, 0.15) is 11.5 Å². The minimum Gasteiger partial charge on any atom is -0.457 e. The Morgan fingerprint density at radius 2 is 1.90 bits per heavy atom. The molecule has 0 aromatic heterocycles. The van der Waals surface area contributed by atoms with Crippen LogP contribution in [-0.2, 0) is 6.42 Å². The van der Waals surface area contributed by atoms with Crippen LogP contribution in [0.2, 0.25) is 10.0 Å². The predicted octanol–water partition coefficient (Wildman–Crippen LogP) is 5.26. The molecule has 4 nitrogen and oxygen atoms in total. The molecular weight excluding hydrogens is 301 g/mol. The summed E-state index contributed by atoms with van der Waals surface area (Å²) in [5, 5.41) is 11.6. The molecule has 20 heavy (non-hydrogen) atoms. The van der Waals surface area contributed by atoms with Gasteiger partial charge in [0.05, 0.1) is 15.0 Å². The number of rotatable bonds is 4. The number of non-ortho nitro benzene ring substituents is 1. The van der Waals surface area contributed by atoms with Crippen molar-refractivity contribution in [1.82, 2.24) is 0 Å². The smallest absolute Gasteiger partial charge is 0.269 e. The second-order valence-corrected chi connectivity index (χ2v) is 4.90. The molecule has 0 N–H and O–H groups in total. The van der Waals surface area contributed by atoms with Gasteiger partial charge < -0.3 is 4.74 Å². The van der Waals surface area contributed by atoms with Gasteiger partial charge in [0.2, 0.25) is 0 Å². The lowest BCUT2D eigenvalue weighted by atomic mass is 10.1. The zero-order chi connectivity index (χ0) is 14.7. The molecule has 0 unspecified atom stereocenters. The maximum atomic E-state index is 10.8. The van der Waals surface area contributed by atoms with Crippen molar-refractivity contribution >= 4 is 28.9 Å². The van der Waals surface area contributed by atoms with Gasteiger partial charge >= 0.3 is 0 Å². The van der Waals surface area contributed by atoms with Gasteiger partial charge in [-0.05, 0) is 24.6 Å². The zero-order valence-corrected chi connectivity index (χ0v) is 12.1. The van der Waals surface area contributed by atoms with E-state index in [9.17, 15) is 10.1 Å². The van der Waals surface area contributed by atoms with E-state index in [1.165, 1.54) is 12.1 Å². The molecule has 0 saturated carbocycles. The maximum Gasteiger partial charge on any atom is 0.269 e. The number of nitrogens with zero attached hydrogens (tertiary/aromatic N) is 1. The summed E-state index contributed by atoms with van der Waals surface area (Å²) in [7, 11) is 0. The number of nitro benzene ring substituents is 1. The quantitative estimate of drug-likeness (QED) is 0.572. The molecule has 2 aromatic rings. The van der Waals surface area contributed by atoms with Crippen molar-refractivity contribution in [2.24, 2.45) is 0 Å². The Morgan fingerprint density at radius 3 is 2.50 bits per heavy atom. The molecule has 2 rings (SSSR count). The van der Waals surface area contributed by atoms with E-state index in [0.717, 1.165) is 5.56 Å². The normalized spacial score (nSPS) is 10.3. The van der Waals surface area contributed by atoms with Gasteiger partial charge in [0.15, 0.2) is 0 Å². The third kappa shape index (κ3) is 3.21. The number of benzene rings is 2. The van der Waals surface area contributed by atoms with Gasteiger partial charge in [-0.25, -0.2) is 0 Å². The average Bonchev–Trinajstić information content (AvgIpc) is 2.43. The van der Waals surface area contributed by atoms with Crippen LogP contribution >= 0.6 is 23.2 Å². The van der Waals surface area contributed by atoms with Crippen LogP contribution in [0.15, 0.2) is 36.4 Å². The first-order valence-electron chi connectivity index (χ1n) is 5.91. The predicted molar refractivity (Wildman–Crippen MR) is 79.0 cm³/mol. The molecule has 0 bridgehead atoms. The zero-order valence-electron chi connectivity index (χ0n) is 10.6. The first kappa shape index (κ1) is 14.6. The number of nitro groups is 1. The van der Waals surface area contributed by atoms with Crippen LogP contribution in [0.3, 0.4) is 0 Å². The molecule has 0 amide bonds. The van der Waals surface area contributed by atoms with Crippen LogP contribution in [0.25, 0.3) is 0 Å². The van der Waals surface area contributed by atoms with Crippen molar-refractivity contribution in [1.29, 1.82) is 0 Å². The Hall–Kier alpha value is -1.78. The first-order valence-corrected chi connectivity index (χ1v) is 6.67. The van der Waals surface area contributed by atoms with Crippen LogP contribution in [0, 0.1) is 10.1 Å². The summed E-state index contributed by atoms with van der Waals surface area (Å²) in [6.07, 6.45) is 0.623. The Labute approximate surface area is 126 Å². The van der Waals surface area contributed by atoms with Crippen molar-refractivity contribution in [3.63, 3.8) is 0 Å². The summed E-state index contributed by atoms with van der Waals surface area (Å²) in [4.78, 5) is 10.3. The van der Waals surface area contributed by atoms with E-state index in [0.29, 0.717) is 28.0 Å². The molecule has 104 valence electrons. The minimum atomic E-state index is -0.428. The van der Waals surface area contributed by atoms with Crippen molar-refractivity contribution in [3.05, 3.63) is 62.1 Å². The Balaban J connectivity index is 2.32. The number of hydrogen-bond donors (Lipinski definition) is 0. The molecular formula is C14H11Cl2NO3. The minimum absolute atomic E-state index is 0.0448. The summed E-state index contributed by atoms with van der Waals surface area (Å²) in [5.41, 5.74) is 0.800. The molecule has 0 aliphatic rings. The fraction of sp³-hybridized carbons (Fsp3) is 0.143. The van der Waals surface area contributed by atoms with Crippen LogP contribution < -0.4 is 4.74 Å². The molecule has 0 aliphatic carbocycles. The van der Waals surface area contributed by atoms with Gasteiger partial charge in [-0.2, -0.15) is 0 Å². The second kappa shape index (κ2) is 6.11. The van der Waals surface area contributed by atoms with Gasteiger partial charge in [0, 0.05) is 23.8 Å². The van der Waals surface area contributed by atoms with E-state index in [1.807, 2.05) is 6.92 Å². The highest BCUT2D eigenvalue weighted by Crippen LogP contribution is 2.32. The van der Waals surface area contributed by atoms with Crippen molar-refractivity contribution < 1.29 is 9.66 Å². The molecule has 0 aliphatic heterocycles. The highest BCUT2D eigenvalue weighted by atomic mass is 35.5. The molecule has 0 saturated heterocycles. The highest BCUT2D eigenvalue weighted by molar-refractivity contribution is 6.42. The fourth-order valence-electron chi connectivity index (χ4n) is 1.72. The number of hydrogen-bond acceptors (Lipinski definition) is 3. The van der Waals surface area contributed by atoms with Crippen LogP contribution in [0.4, 0.5) is 5.69 Å². The van der Waals surface area contributed by atoms with Gasteiger partial charge in [-0.3, -0.25) is 10.1 Å². The lowest BCUT2D eigenvalue weighted by molar-refractivity contribution is -0.384. The van der Waals surface area contributed by atoms with E-state index >= 15 is 0 Å². The van der Waals surface area contributed by atoms with E-state index in [1.54, 1.807) is 24.3 Å². The number of aryl methyl sites for hydroxylation is 1. The third-order valence-corrected chi connectivity index (χ3v) is 3.49. The number of halogens is 2. The van der Waals surface area contributed by atoms with Gasteiger partial charge in [-0.1, -0.05) is 30.1 Å². The van der Waals surface area contributed by atoms with Crippen LogP contribution in [0.1, 0.15) is 12.5 Å². The lowest BCUT2D eigenvalue weighted by Gasteiger charge is -2.10. The molecule has 2 aromatic carbocycles. The second-order valence-electron chi connectivity index (χ2n) is 4.08. The summed E-state index contributed by atoms with van der Waals surface area (Å²) < 4.78 is 5.71. The topological polar surface area (TPSA) is 52.4 Å². The maximum absolute atomic E-state index is 10.8. The van der Waals surface area contributed by atoms with Gasteiger partial charge in [0.25, 0.3) is 5.69 Å². The summed E-state index contributed by atoms with van der Waals surface area (Å²) in [5.74, 6) is 1.10. The van der Waals surface area contributed by atoms with E-state index in [2.05, 4.69) is 0 Å². The van der Waals surface area contributed by atoms with E-state index in [4.69, 9.17) is 27.9 Å². The molecule has 0 spiro atoms. The average molecular weight is 312 g/mol. The fourth-order valence-corrected chi connectivity index (χ4v) is 2.01. The standard InChI is InChI=1S/C14H11Cl2NO3/c1-2-9-7-10(17(18)19)3-6-14(9)20-11-4-5-12(15)13(16)8-11/h3-8H,2H2,1H3. The Morgan fingerprint density at radius 1 is 1.15 bits per heavy atom. The van der Waals surface area contributed by atoms with E-state index < -0.39 is 4.92 Å². The Kier molecular flexibility index (Phi) is 4.47. The SMILES string of the molecule is CCc1cc([N+](=O)[O-])ccc1Oc1ccc(Cl)c(Cl)c1. The summed E-state index contributed by atoms with van der Waals surface area (Å²) >= 11 is 11.8. The van der Waals surface area contributed by atoms with Crippen molar-refractivity contribution in [2.75, 3.05) is 0 Å². The van der Waals surface area contributed by atoms with Crippen molar-refractivity contribution in [3.8, 4) is 11.5 Å². The molecule has 0 heterocycles. The first-order chi connectivity index (χ1) is 9.51. The lowest BCUT2D eigenvalue weighted by Crippen LogP contribution is -1.94. The molecule has 0 radical (unpaired) electrons. The molecule has 6 heteroatoms. The highest BCUT2D eigenvalue weighted by Gasteiger charge is 2.11. The Bertz CT molecular complexity index is 659. The van der Waals surface area contributed by atoms with Crippen LogP contribution in [0.5, 0.6) is 11.5 Å². The summed E-state index contributed by atoms with van der Waals surface area (Å²) in [6.45, 7) is 1.90. The van der Waals surface area contributed by atoms with Crippen molar-refractivity contribution in [2.45, 2.75) is 13.3 Å². The van der Waals surface area contributed by atoms with E-state index in [-0.39, 0.29) is 5.69 Å². The molecule has 0 fully saturated rings. The number of ether oxygens (including phenoxy) is 1. The summed E-state index contributed by atoms with van der Waals surface area (Å²) in [6, 6.07) is 9.42. The largest absolute Gasteiger partial charge is 0.457 e. The molecule has 0 atom stereocenters. The van der Waals surface area contributed by atoms with Gasteiger partial charge in [-0.15, -0.1) is 0 Å². The van der Waals surface area contributed by atoms with Crippen LogP contribution in [-0.4, -0.2) is 4.92 Å². The third-order valence-electron chi connectivity index (χ3n) is 2.75.